The minimum absolute atomic E-state index is 0.0427. The quantitative estimate of drug-likeness (QED) is 0.423. The zero-order valence-corrected chi connectivity index (χ0v) is 16.9. The Morgan fingerprint density at radius 3 is 2.48 bits per heavy atom. The number of nitrogens with two attached hydrogens (primary N) is 1. The number of ether oxygens (including phenoxy) is 1. The van der Waals surface area contributed by atoms with Gasteiger partial charge in [0.25, 0.3) is 11.8 Å². The molecule has 1 saturated carbocycles. The van der Waals surface area contributed by atoms with Gasteiger partial charge in [-0.05, 0) is 49.9 Å². The van der Waals surface area contributed by atoms with Gasteiger partial charge in [-0.25, -0.2) is 9.18 Å². The number of hydrogen-bond donors (Lipinski definition) is 2. The Morgan fingerprint density at radius 2 is 1.90 bits per heavy atom. The van der Waals surface area contributed by atoms with Crippen molar-refractivity contribution in [2.75, 3.05) is 24.6 Å². The van der Waals surface area contributed by atoms with Crippen molar-refractivity contribution in [2.24, 2.45) is 11.7 Å². The van der Waals surface area contributed by atoms with Crippen LogP contribution in [0.2, 0.25) is 0 Å². The van der Waals surface area contributed by atoms with E-state index in [-0.39, 0.29) is 24.6 Å². The fourth-order valence-corrected chi connectivity index (χ4v) is 3.43. The number of amides is 5. The van der Waals surface area contributed by atoms with E-state index in [1.165, 1.54) is 12.1 Å². The summed E-state index contributed by atoms with van der Waals surface area (Å²) in [5.41, 5.74) is 4.40. The van der Waals surface area contributed by atoms with E-state index >= 15 is 0 Å². The lowest BCUT2D eigenvalue weighted by molar-refractivity contribution is -0.150. The van der Waals surface area contributed by atoms with Crippen LogP contribution in [0.4, 0.5) is 14.9 Å². The highest BCUT2D eigenvalue weighted by molar-refractivity contribution is 6.09. The van der Waals surface area contributed by atoms with Crippen molar-refractivity contribution in [3.05, 3.63) is 30.1 Å². The third-order valence-corrected chi connectivity index (χ3v) is 5.36. The second-order valence-corrected chi connectivity index (χ2v) is 7.70. The van der Waals surface area contributed by atoms with Crippen molar-refractivity contribution in [1.29, 1.82) is 0 Å². The number of carbonyl (C=O) groups excluding carboxylic acids is 5. The molecule has 2 aliphatic rings. The normalized spacial score (nSPS) is 20.4. The van der Waals surface area contributed by atoms with E-state index in [1.54, 1.807) is 6.92 Å². The average Bonchev–Trinajstić information content (AvgIpc) is 3.54. The van der Waals surface area contributed by atoms with E-state index in [0.717, 1.165) is 34.8 Å². The zero-order chi connectivity index (χ0) is 22.8. The van der Waals surface area contributed by atoms with Crippen LogP contribution in [-0.2, 0) is 23.9 Å². The Bertz CT molecular complexity index is 917. The monoisotopic (exact) mass is 434 g/mol. The lowest BCUT2D eigenvalue weighted by Crippen LogP contribution is -2.46. The van der Waals surface area contributed by atoms with Crippen LogP contribution in [-0.4, -0.2) is 59.9 Å². The summed E-state index contributed by atoms with van der Waals surface area (Å²) in [6.45, 7) is 0.208. The van der Waals surface area contributed by atoms with Crippen molar-refractivity contribution in [3.63, 3.8) is 0 Å². The number of rotatable bonds is 9. The minimum atomic E-state index is -1.03. The number of benzene rings is 1. The molecule has 1 aliphatic carbocycles. The topological polar surface area (TPSA) is 139 Å². The molecule has 0 radical (unpaired) electrons. The third kappa shape index (κ3) is 4.98. The molecule has 1 atom stereocenters. The first-order valence-corrected chi connectivity index (χ1v) is 9.76. The smallest absolute Gasteiger partial charge is 0.326 e. The summed E-state index contributed by atoms with van der Waals surface area (Å²) in [5.74, 6) is -3.23. The van der Waals surface area contributed by atoms with Gasteiger partial charge in [-0.2, -0.15) is 0 Å². The van der Waals surface area contributed by atoms with Gasteiger partial charge in [0.15, 0.2) is 6.61 Å². The molecule has 1 aromatic rings. The van der Waals surface area contributed by atoms with Crippen molar-refractivity contribution in [2.45, 2.75) is 31.7 Å². The number of halogens is 1. The highest BCUT2D eigenvalue weighted by Crippen LogP contribution is 2.42. The Labute approximate surface area is 177 Å². The van der Waals surface area contributed by atoms with Gasteiger partial charge in [0, 0.05) is 18.7 Å². The van der Waals surface area contributed by atoms with Crippen LogP contribution < -0.4 is 16.0 Å². The summed E-state index contributed by atoms with van der Waals surface area (Å²) >= 11 is 0. The predicted molar refractivity (Wildman–Crippen MR) is 105 cm³/mol. The molecule has 1 aromatic carbocycles. The summed E-state index contributed by atoms with van der Waals surface area (Å²) in [7, 11) is 0. The van der Waals surface area contributed by atoms with Crippen LogP contribution in [0.15, 0.2) is 24.3 Å². The Balaban J connectivity index is 1.59. The van der Waals surface area contributed by atoms with E-state index < -0.39 is 54.2 Å². The van der Waals surface area contributed by atoms with Crippen LogP contribution in [0.5, 0.6) is 0 Å². The number of anilines is 1. The molecule has 0 unspecified atom stereocenters. The molecule has 31 heavy (non-hydrogen) atoms. The summed E-state index contributed by atoms with van der Waals surface area (Å²) < 4.78 is 18.1. The predicted octanol–water partition coefficient (Wildman–Crippen LogP) is 0.298. The number of nitrogens with zero attached hydrogens (tertiary/aromatic N) is 2. The fraction of sp³-hybridized carbons (Fsp3) is 0.450. The van der Waals surface area contributed by atoms with Crippen LogP contribution in [0.25, 0.3) is 0 Å². The van der Waals surface area contributed by atoms with E-state index in [0.29, 0.717) is 0 Å². The molecule has 10 nitrogen and oxygen atoms in total. The van der Waals surface area contributed by atoms with Crippen molar-refractivity contribution in [3.8, 4) is 0 Å². The zero-order valence-electron chi connectivity index (χ0n) is 16.9. The second kappa shape index (κ2) is 8.70. The molecular weight excluding hydrogens is 411 g/mol. The molecule has 5 amide bonds. The molecule has 0 aromatic heterocycles. The highest BCUT2D eigenvalue weighted by atomic mass is 19.1. The van der Waals surface area contributed by atoms with Gasteiger partial charge in [-0.1, -0.05) is 0 Å². The molecular formula is C20H23FN4O6. The minimum Gasteiger partial charge on any atom is -0.454 e. The standard InChI is InChI=1S/C20H23FN4O6/c1-20(12-2-3-12)18(29)25(19(30)23-20)10-17(28)31-11-16(27)24(9-8-15(22)26)14-6-4-13(21)5-7-14/h4-7,12H,2-3,8-11H2,1H3,(H2,22,26)(H,23,30)/t20-/m1/s1. The number of esters is 1. The van der Waals surface area contributed by atoms with E-state index in [4.69, 9.17) is 10.5 Å². The molecule has 166 valence electrons. The van der Waals surface area contributed by atoms with Crippen LogP contribution in [0.1, 0.15) is 26.2 Å². The number of carbonyl (C=O) groups is 5. The summed E-state index contributed by atoms with van der Waals surface area (Å²) in [6, 6.07) is 4.27. The number of urea groups is 1. The van der Waals surface area contributed by atoms with Gasteiger partial charge in [-0.3, -0.25) is 24.1 Å². The van der Waals surface area contributed by atoms with Gasteiger partial charge >= 0.3 is 12.0 Å². The summed E-state index contributed by atoms with van der Waals surface area (Å²) in [6.07, 6.45) is 1.49. The van der Waals surface area contributed by atoms with Crippen molar-refractivity contribution < 1.29 is 33.1 Å². The third-order valence-electron chi connectivity index (χ3n) is 5.36. The highest BCUT2D eigenvalue weighted by Gasteiger charge is 2.56. The largest absolute Gasteiger partial charge is 0.454 e. The summed E-state index contributed by atoms with van der Waals surface area (Å²) in [4.78, 5) is 62.4. The SMILES string of the molecule is C[C@]1(C2CC2)NC(=O)N(CC(=O)OCC(=O)N(CCC(N)=O)c2ccc(F)cc2)C1=O. The Kier molecular flexibility index (Phi) is 6.23. The first-order valence-electron chi connectivity index (χ1n) is 9.76. The maximum Gasteiger partial charge on any atom is 0.326 e. The lowest BCUT2D eigenvalue weighted by Gasteiger charge is -2.22. The first kappa shape index (κ1) is 22.2. The summed E-state index contributed by atoms with van der Waals surface area (Å²) in [5, 5.41) is 2.61. The van der Waals surface area contributed by atoms with Gasteiger partial charge in [0.05, 0.1) is 0 Å². The Morgan fingerprint density at radius 1 is 1.26 bits per heavy atom. The van der Waals surface area contributed by atoms with Gasteiger partial charge in [0.1, 0.15) is 17.9 Å². The number of primary amides is 1. The molecule has 3 rings (SSSR count). The van der Waals surface area contributed by atoms with E-state index in [9.17, 15) is 28.4 Å². The van der Waals surface area contributed by atoms with Gasteiger partial charge < -0.3 is 20.7 Å². The molecule has 11 heteroatoms. The molecule has 1 aliphatic heterocycles. The molecule has 2 fully saturated rings. The maximum atomic E-state index is 13.2. The number of hydrogen-bond acceptors (Lipinski definition) is 6. The molecule has 1 heterocycles. The second-order valence-electron chi connectivity index (χ2n) is 7.70. The average molecular weight is 434 g/mol. The number of imide groups is 1. The molecule has 0 bridgehead atoms. The van der Waals surface area contributed by atoms with Crippen LogP contribution in [0, 0.1) is 11.7 Å². The maximum absolute atomic E-state index is 13.2. The first-order chi connectivity index (χ1) is 14.6. The fourth-order valence-electron chi connectivity index (χ4n) is 3.43. The molecule has 1 saturated heterocycles. The lowest BCUT2D eigenvalue weighted by atomic mass is 9.96. The molecule has 3 N–H and O–H groups in total. The van der Waals surface area contributed by atoms with Crippen molar-refractivity contribution >= 4 is 35.4 Å². The van der Waals surface area contributed by atoms with Gasteiger partial charge in [0.2, 0.25) is 5.91 Å². The van der Waals surface area contributed by atoms with E-state index in [1.807, 2.05) is 0 Å². The Hall–Kier alpha value is -3.50. The van der Waals surface area contributed by atoms with Crippen molar-refractivity contribution in [1.82, 2.24) is 10.2 Å². The van der Waals surface area contributed by atoms with E-state index in [2.05, 4.69) is 5.32 Å². The van der Waals surface area contributed by atoms with Crippen LogP contribution in [0.3, 0.4) is 0 Å². The number of nitrogens with one attached hydrogen (secondary N) is 1. The van der Waals surface area contributed by atoms with Crippen LogP contribution >= 0.6 is 0 Å². The molecule has 0 spiro atoms. The van der Waals surface area contributed by atoms with Gasteiger partial charge in [-0.15, -0.1) is 0 Å².